The van der Waals surface area contributed by atoms with Crippen molar-refractivity contribution in [3.8, 4) is 23.1 Å². The molecule has 0 radical (unpaired) electrons. The molecule has 0 amide bonds. The fourth-order valence-corrected chi connectivity index (χ4v) is 3.15. The smallest absolute Gasteiger partial charge is 0.230 e. The number of aliphatic imine (C=N–C) groups is 1. The molecule has 4 rings (SSSR count). The van der Waals surface area contributed by atoms with Crippen LogP contribution >= 0.6 is 0 Å². The number of fused-ring (bicyclic) bond motifs is 2. The molecule has 7 heteroatoms. The quantitative estimate of drug-likeness (QED) is 0.696. The van der Waals surface area contributed by atoms with Gasteiger partial charge in [-0.15, -0.1) is 0 Å². The molecule has 160 valence electrons. The first-order valence-corrected chi connectivity index (χ1v) is 10.2. The van der Waals surface area contributed by atoms with Crippen molar-refractivity contribution in [3.05, 3.63) is 78.0 Å². The maximum atomic E-state index is 6.16. The van der Waals surface area contributed by atoms with Crippen LogP contribution < -0.4 is 19.5 Å². The Hall–Kier alpha value is -3.58. The van der Waals surface area contributed by atoms with Crippen LogP contribution in [0.15, 0.2) is 71.9 Å². The molecule has 0 fully saturated rings. The molecule has 1 aliphatic rings. The largest absolute Gasteiger partial charge is 0.497 e. The summed E-state index contributed by atoms with van der Waals surface area (Å²) in [4.78, 5) is 9.18. The second-order valence-electron chi connectivity index (χ2n) is 6.80. The Morgan fingerprint density at radius 1 is 0.968 bits per heavy atom. The van der Waals surface area contributed by atoms with Gasteiger partial charge in [-0.3, -0.25) is 4.99 Å². The van der Waals surface area contributed by atoms with Gasteiger partial charge in [0.2, 0.25) is 5.88 Å². The number of hydrogen-bond donors (Lipinski definition) is 1. The lowest BCUT2D eigenvalue weighted by atomic mass is 10.2. The number of aromatic nitrogens is 1. The fraction of sp³-hybridized carbons (Fsp3) is 0.250. The van der Waals surface area contributed by atoms with Crippen LogP contribution in [-0.4, -0.2) is 44.3 Å². The van der Waals surface area contributed by atoms with Gasteiger partial charge in [-0.05, 0) is 42.0 Å². The van der Waals surface area contributed by atoms with E-state index >= 15 is 0 Å². The van der Waals surface area contributed by atoms with Crippen LogP contribution in [0.4, 0.5) is 0 Å². The van der Waals surface area contributed by atoms with Gasteiger partial charge in [-0.25, -0.2) is 4.98 Å². The van der Waals surface area contributed by atoms with Crippen molar-refractivity contribution in [1.29, 1.82) is 0 Å². The Bertz CT molecular complexity index is 1040. The highest BCUT2D eigenvalue weighted by Gasteiger charge is 2.15. The summed E-state index contributed by atoms with van der Waals surface area (Å²) in [6.45, 7) is 2.47. The molecule has 1 aromatic heterocycles. The number of methoxy groups -OCH3 is 1. The van der Waals surface area contributed by atoms with E-state index in [-0.39, 0.29) is 0 Å². The normalized spacial score (nSPS) is 14.2. The first kappa shape index (κ1) is 20.7. The molecule has 3 aromatic rings. The molecule has 0 saturated heterocycles. The average Bonchev–Trinajstić information content (AvgIpc) is 2.83. The van der Waals surface area contributed by atoms with Crippen molar-refractivity contribution in [2.24, 2.45) is 4.99 Å². The number of rotatable bonds is 3. The van der Waals surface area contributed by atoms with E-state index in [1.165, 1.54) is 0 Å². The van der Waals surface area contributed by atoms with Gasteiger partial charge in [0.25, 0.3) is 0 Å². The highest BCUT2D eigenvalue weighted by atomic mass is 16.5. The standard InChI is InChI=1S/C24H25N3O4/c1-28-19-7-4-6-18(16-19)17-27-23-20-8-5-11-26-24(20)31-22-10-3-2-9-21(22)30-15-14-29-13-12-25-23/h2-11,16H,12-15,17H2,1H3,(H,25,27). The van der Waals surface area contributed by atoms with E-state index in [1.807, 2.05) is 60.7 Å². The van der Waals surface area contributed by atoms with Crippen LogP contribution in [0.3, 0.4) is 0 Å². The molecule has 0 unspecified atom stereocenters. The van der Waals surface area contributed by atoms with E-state index < -0.39 is 0 Å². The maximum absolute atomic E-state index is 6.16. The van der Waals surface area contributed by atoms with Crippen LogP contribution in [0.5, 0.6) is 23.1 Å². The molecular formula is C24H25N3O4. The van der Waals surface area contributed by atoms with Crippen molar-refractivity contribution < 1.29 is 18.9 Å². The molecule has 31 heavy (non-hydrogen) atoms. The van der Waals surface area contributed by atoms with E-state index in [0.717, 1.165) is 16.9 Å². The first-order valence-electron chi connectivity index (χ1n) is 10.2. The summed E-state index contributed by atoms with van der Waals surface area (Å²) in [5.74, 6) is 3.19. The zero-order valence-corrected chi connectivity index (χ0v) is 17.4. The summed E-state index contributed by atoms with van der Waals surface area (Å²) in [6.07, 6.45) is 1.70. The van der Waals surface area contributed by atoms with E-state index in [4.69, 9.17) is 23.9 Å². The second-order valence-corrected chi connectivity index (χ2v) is 6.80. The molecule has 1 aliphatic heterocycles. The highest BCUT2D eigenvalue weighted by Crippen LogP contribution is 2.32. The molecule has 7 nitrogen and oxygen atoms in total. The fourth-order valence-electron chi connectivity index (χ4n) is 3.15. The molecule has 0 saturated carbocycles. The second kappa shape index (κ2) is 10.4. The third-order valence-electron chi connectivity index (χ3n) is 4.67. The minimum absolute atomic E-state index is 0.431. The summed E-state index contributed by atoms with van der Waals surface area (Å²) >= 11 is 0. The number of ether oxygens (including phenoxy) is 4. The minimum atomic E-state index is 0.431. The van der Waals surface area contributed by atoms with Gasteiger partial charge in [0.1, 0.15) is 18.2 Å². The maximum Gasteiger partial charge on any atom is 0.230 e. The lowest BCUT2D eigenvalue weighted by Crippen LogP contribution is -2.25. The number of pyridine rings is 1. The van der Waals surface area contributed by atoms with Gasteiger partial charge in [0.15, 0.2) is 11.5 Å². The van der Waals surface area contributed by atoms with Crippen LogP contribution in [0, 0.1) is 0 Å². The third-order valence-corrected chi connectivity index (χ3v) is 4.67. The molecule has 2 heterocycles. The molecular weight excluding hydrogens is 394 g/mol. The van der Waals surface area contributed by atoms with Gasteiger partial charge in [-0.1, -0.05) is 24.3 Å². The average molecular weight is 419 g/mol. The number of nitrogens with zero attached hydrogens (tertiary/aromatic N) is 2. The Balaban J connectivity index is 1.64. The van der Waals surface area contributed by atoms with E-state index in [2.05, 4.69) is 10.3 Å². The van der Waals surface area contributed by atoms with Crippen molar-refractivity contribution in [3.63, 3.8) is 0 Å². The first-order chi connectivity index (χ1) is 15.3. The zero-order chi connectivity index (χ0) is 21.3. The number of amidine groups is 1. The van der Waals surface area contributed by atoms with E-state index in [0.29, 0.717) is 56.1 Å². The molecule has 2 aromatic carbocycles. The van der Waals surface area contributed by atoms with E-state index in [9.17, 15) is 0 Å². The molecule has 1 N–H and O–H groups in total. The van der Waals surface area contributed by atoms with Gasteiger partial charge in [-0.2, -0.15) is 0 Å². The number of para-hydroxylation sites is 2. The molecule has 0 aliphatic carbocycles. The Morgan fingerprint density at radius 3 is 2.77 bits per heavy atom. The van der Waals surface area contributed by atoms with Crippen LogP contribution in [0.2, 0.25) is 0 Å². The van der Waals surface area contributed by atoms with Gasteiger partial charge in [0, 0.05) is 12.7 Å². The minimum Gasteiger partial charge on any atom is -0.497 e. The molecule has 0 atom stereocenters. The lowest BCUT2D eigenvalue weighted by Gasteiger charge is -2.15. The molecule has 0 spiro atoms. The highest BCUT2D eigenvalue weighted by molar-refractivity contribution is 6.00. The number of benzene rings is 2. The Morgan fingerprint density at radius 2 is 1.87 bits per heavy atom. The lowest BCUT2D eigenvalue weighted by molar-refractivity contribution is 0.105. The summed E-state index contributed by atoms with van der Waals surface area (Å²) in [6, 6.07) is 19.2. The summed E-state index contributed by atoms with van der Waals surface area (Å²) < 4.78 is 23.0. The van der Waals surface area contributed by atoms with Crippen molar-refractivity contribution >= 4 is 5.84 Å². The van der Waals surface area contributed by atoms with Crippen molar-refractivity contribution in [1.82, 2.24) is 10.3 Å². The van der Waals surface area contributed by atoms with Crippen LogP contribution in [-0.2, 0) is 11.3 Å². The Labute approximate surface area is 181 Å². The predicted molar refractivity (Wildman–Crippen MR) is 118 cm³/mol. The topological polar surface area (TPSA) is 74.2 Å². The number of nitrogens with one attached hydrogen (secondary N) is 1. The van der Waals surface area contributed by atoms with Crippen LogP contribution in [0.1, 0.15) is 11.1 Å². The predicted octanol–water partition coefficient (Wildman–Crippen LogP) is 3.83. The summed E-state index contributed by atoms with van der Waals surface area (Å²) in [5.41, 5.74) is 1.84. The third kappa shape index (κ3) is 5.52. The van der Waals surface area contributed by atoms with Crippen LogP contribution in [0.25, 0.3) is 0 Å². The van der Waals surface area contributed by atoms with Crippen molar-refractivity contribution in [2.45, 2.75) is 6.54 Å². The zero-order valence-electron chi connectivity index (χ0n) is 17.4. The number of hydrogen-bond acceptors (Lipinski definition) is 7. The Kier molecular flexibility index (Phi) is 6.97. The van der Waals surface area contributed by atoms with E-state index in [1.54, 1.807) is 13.3 Å². The summed E-state index contributed by atoms with van der Waals surface area (Å²) in [5, 5.41) is 3.42. The van der Waals surface area contributed by atoms with Gasteiger partial charge >= 0.3 is 0 Å². The van der Waals surface area contributed by atoms with Crippen molar-refractivity contribution in [2.75, 3.05) is 33.5 Å². The van der Waals surface area contributed by atoms with Gasteiger partial charge in [0.05, 0.1) is 32.4 Å². The summed E-state index contributed by atoms with van der Waals surface area (Å²) in [7, 11) is 1.66. The molecule has 0 bridgehead atoms. The monoisotopic (exact) mass is 419 g/mol. The SMILES string of the molecule is COc1cccc(CNC2=NCCOCCOc3ccccc3Oc3ncccc32)c1. The van der Waals surface area contributed by atoms with Gasteiger partial charge < -0.3 is 24.3 Å².